The number of carbonyl (C=O) groups is 1. The lowest BCUT2D eigenvalue weighted by Crippen LogP contribution is -2.35. The Hall–Kier alpha value is -0.570. The smallest absolute Gasteiger partial charge is 0.311 e. The molecule has 0 aliphatic rings. The summed E-state index contributed by atoms with van der Waals surface area (Å²) in [5.41, 5.74) is -0.505. The van der Waals surface area contributed by atoms with Gasteiger partial charge in [-0.2, -0.15) is 0 Å². The van der Waals surface area contributed by atoms with Crippen molar-refractivity contribution in [1.82, 2.24) is 0 Å². The van der Waals surface area contributed by atoms with Gasteiger partial charge in [0.25, 0.3) is 0 Å². The van der Waals surface area contributed by atoms with Gasteiger partial charge in [-0.25, -0.2) is 0 Å². The molecule has 2 atom stereocenters. The second kappa shape index (κ2) is 8.52. The molecule has 0 amide bonds. The minimum atomic E-state index is -0.505. The molecule has 0 aromatic heterocycles. The number of hydrogen-bond donors (Lipinski definition) is 1. The molecule has 0 aliphatic carbocycles. The monoisotopic (exact) mass is 258 g/mol. The highest BCUT2D eigenvalue weighted by Crippen LogP contribution is 2.24. The summed E-state index contributed by atoms with van der Waals surface area (Å²) in [6, 6.07) is 0. The highest BCUT2D eigenvalue weighted by molar-refractivity contribution is 5.75. The molecule has 0 aliphatic heterocycles. The van der Waals surface area contributed by atoms with Gasteiger partial charge in [0, 0.05) is 0 Å². The molecule has 0 fully saturated rings. The van der Waals surface area contributed by atoms with E-state index in [9.17, 15) is 9.90 Å². The minimum absolute atomic E-state index is 0.0732. The maximum absolute atomic E-state index is 11.9. The first-order chi connectivity index (χ1) is 8.36. The Morgan fingerprint density at radius 1 is 1.17 bits per heavy atom. The molecule has 0 saturated heterocycles. The average Bonchev–Trinajstić information content (AvgIpc) is 2.30. The molecule has 1 N–H and O–H groups in total. The second-order valence-corrected chi connectivity index (χ2v) is 6.07. The molecule has 0 saturated carbocycles. The van der Waals surface area contributed by atoms with E-state index in [1.54, 1.807) is 0 Å². The molecule has 0 bridgehead atoms. The van der Waals surface area contributed by atoms with Gasteiger partial charge in [0.2, 0.25) is 0 Å². The van der Waals surface area contributed by atoms with Gasteiger partial charge in [-0.1, -0.05) is 33.1 Å². The van der Waals surface area contributed by atoms with Gasteiger partial charge >= 0.3 is 5.97 Å². The molecule has 108 valence electrons. The molecule has 0 rings (SSSR count). The van der Waals surface area contributed by atoms with Crippen molar-refractivity contribution in [2.75, 3.05) is 6.61 Å². The van der Waals surface area contributed by atoms with Gasteiger partial charge in [0.05, 0.1) is 12.0 Å². The number of rotatable bonds is 8. The second-order valence-electron chi connectivity index (χ2n) is 6.07. The minimum Gasteiger partial charge on any atom is -0.459 e. The lowest BCUT2D eigenvalue weighted by molar-refractivity contribution is -0.164. The average molecular weight is 258 g/mol. The van der Waals surface area contributed by atoms with E-state index in [4.69, 9.17) is 4.74 Å². The highest BCUT2D eigenvalue weighted by Gasteiger charge is 2.29. The van der Waals surface area contributed by atoms with Crippen molar-refractivity contribution in [3.63, 3.8) is 0 Å². The third-order valence-corrected chi connectivity index (χ3v) is 3.16. The topological polar surface area (TPSA) is 46.5 Å². The Morgan fingerprint density at radius 3 is 2.17 bits per heavy atom. The molecule has 3 heteroatoms. The van der Waals surface area contributed by atoms with Crippen LogP contribution < -0.4 is 0 Å². The van der Waals surface area contributed by atoms with Crippen LogP contribution in [0.2, 0.25) is 0 Å². The summed E-state index contributed by atoms with van der Waals surface area (Å²) < 4.78 is 5.49. The Morgan fingerprint density at radius 2 is 1.78 bits per heavy atom. The summed E-state index contributed by atoms with van der Waals surface area (Å²) in [7, 11) is 0. The van der Waals surface area contributed by atoms with Gasteiger partial charge in [0.1, 0.15) is 6.10 Å². The van der Waals surface area contributed by atoms with Crippen LogP contribution in [-0.2, 0) is 9.53 Å². The largest absolute Gasteiger partial charge is 0.459 e. The zero-order valence-corrected chi connectivity index (χ0v) is 12.7. The van der Waals surface area contributed by atoms with E-state index in [0.29, 0.717) is 0 Å². The van der Waals surface area contributed by atoms with Crippen LogP contribution in [0.25, 0.3) is 0 Å². The van der Waals surface area contributed by atoms with E-state index >= 15 is 0 Å². The normalized spacial score (nSPS) is 15.2. The molecule has 18 heavy (non-hydrogen) atoms. The van der Waals surface area contributed by atoms with Crippen LogP contribution in [0.4, 0.5) is 0 Å². The molecule has 3 nitrogen and oxygen atoms in total. The fourth-order valence-electron chi connectivity index (χ4n) is 1.95. The predicted molar refractivity (Wildman–Crippen MR) is 74.3 cm³/mol. The lowest BCUT2D eigenvalue weighted by Gasteiger charge is -2.28. The summed E-state index contributed by atoms with van der Waals surface area (Å²) in [6.45, 7) is 9.72. The number of aliphatic hydroxyl groups is 1. The first-order valence-corrected chi connectivity index (χ1v) is 7.18. The first kappa shape index (κ1) is 17.4. The van der Waals surface area contributed by atoms with Gasteiger partial charge in [0.15, 0.2) is 0 Å². The van der Waals surface area contributed by atoms with Crippen molar-refractivity contribution in [2.45, 2.75) is 72.8 Å². The SMILES string of the molecule is CCCC[C@@H](CCC)[C@@H](CO)OC(=O)C(C)(C)C. The van der Waals surface area contributed by atoms with E-state index in [2.05, 4.69) is 13.8 Å². The molecule has 0 spiro atoms. The Kier molecular flexibility index (Phi) is 8.25. The zero-order valence-electron chi connectivity index (χ0n) is 12.7. The van der Waals surface area contributed by atoms with Crippen LogP contribution in [0.3, 0.4) is 0 Å². The van der Waals surface area contributed by atoms with Crippen molar-refractivity contribution in [3.8, 4) is 0 Å². The summed E-state index contributed by atoms with van der Waals surface area (Å²) in [6.07, 6.45) is 4.98. The molecule has 0 heterocycles. The van der Waals surface area contributed by atoms with Gasteiger partial charge in [-0.05, 0) is 39.5 Å². The van der Waals surface area contributed by atoms with Crippen LogP contribution in [0, 0.1) is 11.3 Å². The summed E-state index contributed by atoms with van der Waals surface area (Å²) >= 11 is 0. The van der Waals surface area contributed by atoms with E-state index in [1.807, 2.05) is 20.8 Å². The fourth-order valence-corrected chi connectivity index (χ4v) is 1.95. The van der Waals surface area contributed by atoms with E-state index in [0.717, 1.165) is 32.1 Å². The molecule has 0 radical (unpaired) electrons. The Balaban J connectivity index is 4.53. The summed E-state index contributed by atoms with van der Waals surface area (Å²) in [5.74, 6) is 0.0606. The highest BCUT2D eigenvalue weighted by atomic mass is 16.6. The third kappa shape index (κ3) is 6.39. The summed E-state index contributed by atoms with van der Waals surface area (Å²) in [4.78, 5) is 11.9. The Bertz CT molecular complexity index is 230. The maximum atomic E-state index is 11.9. The van der Waals surface area contributed by atoms with Crippen molar-refractivity contribution in [2.24, 2.45) is 11.3 Å². The summed E-state index contributed by atoms with van der Waals surface area (Å²) in [5, 5.41) is 9.46. The fraction of sp³-hybridized carbons (Fsp3) is 0.933. The molecule has 0 aromatic carbocycles. The third-order valence-electron chi connectivity index (χ3n) is 3.16. The molecule has 0 unspecified atom stereocenters. The van der Waals surface area contributed by atoms with Crippen LogP contribution in [0.15, 0.2) is 0 Å². The van der Waals surface area contributed by atoms with E-state index in [1.165, 1.54) is 0 Å². The van der Waals surface area contributed by atoms with Gasteiger partial charge in [-0.15, -0.1) is 0 Å². The number of hydrogen-bond acceptors (Lipinski definition) is 3. The van der Waals surface area contributed by atoms with Crippen LogP contribution in [0.5, 0.6) is 0 Å². The number of aliphatic hydroxyl groups excluding tert-OH is 1. The standard InChI is InChI=1S/C15H30O3/c1-6-8-10-12(9-7-2)13(11-16)18-14(17)15(3,4)5/h12-13,16H,6-11H2,1-5H3/t12-,13-/m1/s1. The van der Waals surface area contributed by atoms with Crippen molar-refractivity contribution in [1.29, 1.82) is 0 Å². The number of ether oxygens (including phenoxy) is 1. The Labute approximate surface area is 112 Å². The maximum Gasteiger partial charge on any atom is 0.311 e. The quantitative estimate of drug-likeness (QED) is 0.677. The first-order valence-electron chi connectivity index (χ1n) is 7.18. The van der Waals surface area contributed by atoms with Crippen molar-refractivity contribution < 1.29 is 14.6 Å². The predicted octanol–water partition coefficient (Wildman–Crippen LogP) is 3.54. The molecular weight excluding hydrogens is 228 g/mol. The lowest BCUT2D eigenvalue weighted by atomic mass is 9.91. The number of esters is 1. The molecular formula is C15H30O3. The number of unbranched alkanes of at least 4 members (excludes halogenated alkanes) is 1. The molecule has 0 aromatic rings. The van der Waals surface area contributed by atoms with E-state index in [-0.39, 0.29) is 24.6 Å². The zero-order chi connectivity index (χ0) is 14.2. The van der Waals surface area contributed by atoms with Gasteiger partial charge < -0.3 is 9.84 Å². The van der Waals surface area contributed by atoms with E-state index < -0.39 is 5.41 Å². The van der Waals surface area contributed by atoms with Crippen LogP contribution in [0.1, 0.15) is 66.7 Å². The van der Waals surface area contributed by atoms with Crippen molar-refractivity contribution >= 4 is 5.97 Å². The van der Waals surface area contributed by atoms with Gasteiger partial charge in [-0.3, -0.25) is 4.79 Å². The van der Waals surface area contributed by atoms with Crippen molar-refractivity contribution in [3.05, 3.63) is 0 Å². The van der Waals surface area contributed by atoms with Crippen LogP contribution in [-0.4, -0.2) is 23.8 Å². The van der Waals surface area contributed by atoms with Crippen LogP contribution >= 0.6 is 0 Å². The number of carbonyl (C=O) groups excluding carboxylic acids is 1.